The molecule has 2 aromatic carbocycles. The van der Waals surface area contributed by atoms with E-state index in [0.717, 1.165) is 6.08 Å². The van der Waals surface area contributed by atoms with Gasteiger partial charge in [-0.1, -0.05) is 18.7 Å². The van der Waals surface area contributed by atoms with Crippen LogP contribution in [0.2, 0.25) is 0 Å². The molecule has 1 N–H and O–H groups in total. The Balaban J connectivity index is 2.11. The summed E-state index contributed by atoms with van der Waals surface area (Å²) in [7, 11) is 0. The van der Waals surface area contributed by atoms with E-state index in [2.05, 4.69) is 27.7 Å². The van der Waals surface area contributed by atoms with Crippen molar-refractivity contribution in [1.29, 1.82) is 5.26 Å². The third kappa shape index (κ3) is 3.93. The molecular weight excluding hydrogens is 372 g/mol. The number of halogens is 2. The fourth-order valence-corrected chi connectivity index (χ4v) is 3.36. The van der Waals surface area contributed by atoms with Gasteiger partial charge in [0.2, 0.25) is 5.91 Å². The SMILES string of the molecule is C=CC(=O)Nc1cc(-c2ccc(OC(C)(F)F)cc2)c2ncsc2c1C#N. The molecule has 8 heteroatoms. The van der Waals surface area contributed by atoms with Crippen LogP contribution in [0.15, 0.2) is 48.5 Å². The van der Waals surface area contributed by atoms with Crippen molar-refractivity contribution in [3.8, 4) is 22.9 Å². The molecule has 0 aliphatic rings. The van der Waals surface area contributed by atoms with Gasteiger partial charge in [-0.2, -0.15) is 14.0 Å². The number of carbonyl (C=O) groups excluding carboxylic acids is 1. The Bertz CT molecular complexity index is 1060. The molecule has 0 bridgehead atoms. The monoisotopic (exact) mass is 385 g/mol. The molecule has 0 aliphatic heterocycles. The predicted molar refractivity (Wildman–Crippen MR) is 99.8 cm³/mol. The first-order valence-corrected chi connectivity index (χ1v) is 8.61. The van der Waals surface area contributed by atoms with E-state index in [9.17, 15) is 18.8 Å². The molecule has 0 radical (unpaired) electrons. The van der Waals surface area contributed by atoms with E-state index in [1.54, 1.807) is 23.7 Å². The Kier molecular flexibility index (Phi) is 4.88. The van der Waals surface area contributed by atoms with Gasteiger partial charge in [-0.05, 0) is 29.8 Å². The summed E-state index contributed by atoms with van der Waals surface area (Å²) in [6.07, 6.45) is -2.17. The number of ether oxygens (including phenoxy) is 1. The number of nitrogens with zero attached hydrogens (tertiary/aromatic N) is 2. The van der Waals surface area contributed by atoms with Crippen LogP contribution in [0.3, 0.4) is 0 Å². The van der Waals surface area contributed by atoms with E-state index >= 15 is 0 Å². The number of carbonyl (C=O) groups is 1. The highest BCUT2D eigenvalue weighted by atomic mass is 32.1. The van der Waals surface area contributed by atoms with Gasteiger partial charge < -0.3 is 10.1 Å². The number of hydrogen-bond donors (Lipinski definition) is 1. The number of benzene rings is 2. The number of aromatic nitrogens is 1. The molecule has 5 nitrogen and oxygen atoms in total. The minimum Gasteiger partial charge on any atom is -0.433 e. The number of alkyl halides is 2. The van der Waals surface area contributed by atoms with Gasteiger partial charge in [0.25, 0.3) is 0 Å². The number of hydrogen-bond acceptors (Lipinski definition) is 5. The van der Waals surface area contributed by atoms with Crippen molar-refractivity contribution in [3.63, 3.8) is 0 Å². The van der Waals surface area contributed by atoms with E-state index < -0.39 is 12.0 Å². The van der Waals surface area contributed by atoms with Gasteiger partial charge in [-0.3, -0.25) is 4.79 Å². The molecule has 0 saturated heterocycles. The molecular formula is C19H13F2N3O2S. The topological polar surface area (TPSA) is 75.0 Å². The van der Waals surface area contributed by atoms with Crippen LogP contribution in [0.4, 0.5) is 14.5 Å². The predicted octanol–water partition coefficient (Wildman–Crippen LogP) is 4.95. The number of anilines is 1. The molecule has 1 amide bonds. The van der Waals surface area contributed by atoms with Gasteiger partial charge in [0.1, 0.15) is 11.8 Å². The average Bonchev–Trinajstić information content (AvgIpc) is 3.10. The lowest BCUT2D eigenvalue weighted by atomic mass is 10.0. The third-order valence-electron chi connectivity index (χ3n) is 3.63. The number of amides is 1. The van der Waals surface area contributed by atoms with Crippen molar-refractivity contribution in [3.05, 3.63) is 54.1 Å². The van der Waals surface area contributed by atoms with Crippen molar-refractivity contribution in [1.82, 2.24) is 4.98 Å². The first kappa shape index (κ1) is 18.5. The van der Waals surface area contributed by atoms with Crippen molar-refractivity contribution in [2.75, 3.05) is 5.32 Å². The van der Waals surface area contributed by atoms with E-state index in [1.807, 2.05) is 0 Å². The van der Waals surface area contributed by atoms with E-state index in [1.165, 1.54) is 23.5 Å². The molecule has 1 aromatic heterocycles. The fourth-order valence-electron chi connectivity index (χ4n) is 2.55. The molecule has 0 unspecified atom stereocenters. The zero-order valence-corrected chi connectivity index (χ0v) is 14.9. The molecule has 0 spiro atoms. The molecule has 0 fully saturated rings. The maximum Gasteiger partial charge on any atom is 0.394 e. The lowest BCUT2D eigenvalue weighted by Crippen LogP contribution is -2.18. The summed E-state index contributed by atoms with van der Waals surface area (Å²) in [5.74, 6) is -0.426. The van der Waals surface area contributed by atoms with E-state index in [0.29, 0.717) is 39.5 Å². The van der Waals surface area contributed by atoms with Crippen LogP contribution >= 0.6 is 11.3 Å². The lowest BCUT2D eigenvalue weighted by Gasteiger charge is -2.14. The van der Waals surface area contributed by atoms with Crippen LogP contribution in [-0.2, 0) is 4.79 Å². The second-order valence-corrected chi connectivity index (χ2v) is 6.47. The Labute approximate surface area is 157 Å². The number of fused-ring (bicyclic) bond motifs is 1. The summed E-state index contributed by atoms with van der Waals surface area (Å²) < 4.78 is 31.1. The highest BCUT2D eigenvalue weighted by molar-refractivity contribution is 7.17. The summed E-state index contributed by atoms with van der Waals surface area (Å²) >= 11 is 1.27. The van der Waals surface area contributed by atoms with Gasteiger partial charge in [-0.25, -0.2) is 4.98 Å². The molecule has 1 heterocycles. The Morgan fingerprint density at radius 3 is 2.70 bits per heavy atom. The number of nitrogens with one attached hydrogen (secondary N) is 1. The molecule has 0 aliphatic carbocycles. The van der Waals surface area contributed by atoms with Crippen molar-refractivity contribution in [2.45, 2.75) is 13.0 Å². The molecule has 0 atom stereocenters. The van der Waals surface area contributed by atoms with Gasteiger partial charge in [0.05, 0.1) is 27.0 Å². The largest absolute Gasteiger partial charge is 0.433 e. The van der Waals surface area contributed by atoms with Crippen LogP contribution in [0.25, 0.3) is 21.3 Å². The Morgan fingerprint density at radius 2 is 2.11 bits per heavy atom. The Hall–Kier alpha value is -3.31. The van der Waals surface area contributed by atoms with Crippen LogP contribution in [0.1, 0.15) is 12.5 Å². The minimum atomic E-state index is -3.28. The Morgan fingerprint density at radius 1 is 1.41 bits per heavy atom. The van der Waals surface area contributed by atoms with Gasteiger partial charge in [0.15, 0.2) is 0 Å². The first-order valence-electron chi connectivity index (χ1n) is 7.73. The fraction of sp³-hybridized carbons (Fsp3) is 0.105. The third-order valence-corrected chi connectivity index (χ3v) is 4.47. The minimum absolute atomic E-state index is 0.0228. The zero-order valence-electron chi connectivity index (χ0n) is 14.1. The average molecular weight is 385 g/mol. The summed E-state index contributed by atoms with van der Waals surface area (Å²) in [5.41, 5.74) is 4.15. The molecule has 136 valence electrons. The smallest absolute Gasteiger partial charge is 0.394 e. The van der Waals surface area contributed by atoms with Crippen LogP contribution < -0.4 is 10.1 Å². The number of thiazole rings is 1. The molecule has 27 heavy (non-hydrogen) atoms. The quantitative estimate of drug-likeness (QED) is 0.631. The normalized spacial score (nSPS) is 11.0. The molecule has 3 aromatic rings. The zero-order chi connectivity index (χ0) is 19.6. The van der Waals surface area contributed by atoms with Gasteiger partial charge >= 0.3 is 6.11 Å². The van der Waals surface area contributed by atoms with E-state index in [-0.39, 0.29) is 5.75 Å². The maximum absolute atomic E-state index is 13.0. The van der Waals surface area contributed by atoms with Gasteiger partial charge in [0, 0.05) is 12.5 Å². The van der Waals surface area contributed by atoms with Crippen LogP contribution in [0, 0.1) is 11.3 Å². The summed E-state index contributed by atoms with van der Waals surface area (Å²) in [6.45, 7) is 4.07. The molecule has 3 rings (SSSR count). The summed E-state index contributed by atoms with van der Waals surface area (Å²) in [4.78, 5) is 16.0. The van der Waals surface area contributed by atoms with Crippen molar-refractivity contribution >= 4 is 33.1 Å². The second-order valence-electron chi connectivity index (χ2n) is 5.62. The van der Waals surface area contributed by atoms with Crippen LogP contribution in [0.5, 0.6) is 5.75 Å². The standard InChI is InChI=1S/C19H13F2N3O2S/c1-3-16(25)24-15-8-13(17-18(14(15)9-22)27-10-23-17)11-4-6-12(7-5-11)26-19(2,20)21/h3-8,10H,1H2,2H3,(H,24,25). The van der Waals surface area contributed by atoms with Crippen molar-refractivity contribution in [2.24, 2.45) is 0 Å². The molecule has 0 saturated carbocycles. The summed E-state index contributed by atoms with van der Waals surface area (Å²) in [5, 5.41) is 12.1. The number of rotatable bonds is 5. The first-order chi connectivity index (χ1) is 12.8. The van der Waals surface area contributed by atoms with Gasteiger partial charge in [-0.15, -0.1) is 11.3 Å². The second kappa shape index (κ2) is 7.13. The lowest BCUT2D eigenvalue weighted by molar-refractivity contribution is -0.158. The highest BCUT2D eigenvalue weighted by Crippen LogP contribution is 2.37. The summed E-state index contributed by atoms with van der Waals surface area (Å²) in [6, 6.07) is 9.78. The maximum atomic E-state index is 13.0. The van der Waals surface area contributed by atoms with E-state index in [4.69, 9.17) is 0 Å². The van der Waals surface area contributed by atoms with Crippen molar-refractivity contribution < 1.29 is 18.3 Å². The number of nitriles is 1. The van der Waals surface area contributed by atoms with Crippen LogP contribution in [-0.4, -0.2) is 17.0 Å². The highest BCUT2D eigenvalue weighted by Gasteiger charge is 2.23.